The molecule has 0 radical (unpaired) electrons. The zero-order valence-electron chi connectivity index (χ0n) is 14.4. The third-order valence-electron chi connectivity index (χ3n) is 4.35. The van der Waals surface area contributed by atoms with Crippen LogP contribution in [0.1, 0.15) is 10.4 Å². The van der Waals surface area contributed by atoms with Crippen LogP contribution in [0.5, 0.6) is 0 Å². The molecule has 1 aliphatic heterocycles. The second kappa shape index (κ2) is 8.22. The van der Waals surface area contributed by atoms with Crippen LogP contribution in [0.4, 0.5) is 18.9 Å². The Bertz CT molecular complexity index is 838. The summed E-state index contributed by atoms with van der Waals surface area (Å²) in [6.07, 6.45) is 0. The van der Waals surface area contributed by atoms with Crippen molar-refractivity contribution in [1.82, 2.24) is 9.80 Å². The first-order chi connectivity index (χ1) is 13.0. The lowest BCUT2D eigenvalue weighted by molar-refractivity contribution is -0.117. The SMILES string of the molecule is O=C(CN1CCN(C(=O)c2ccc(F)c(F)c2F)CC1)Nc1ccccc1. The van der Waals surface area contributed by atoms with Gasteiger partial charge in [0.1, 0.15) is 0 Å². The molecule has 0 atom stereocenters. The van der Waals surface area contributed by atoms with Gasteiger partial charge in [0, 0.05) is 31.9 Å². The molecule has 27 heavy (non-hydrogen) atoms. The molecule has 5 nitrogen and oxygen atoms in total. The van der Waals surface area contributed by atoms with Crippen molar-refractivity contribution in [2.45, 2.75) is 0 Å². The van der Waals surface area contributed by atoms with E-state index in [1.54, 1.807) is 12.1 Å². The van der Waals surface area contributed by atoms with Crippen LogP contribution >= 0.6 is 0 Å². The van der Waals surface area contributed by atoms with Crippen LogP contribution in [-0.2, 0) is 4.79 Å². The Labute approximate surface area is 154 Å². The zero-order chi connectivity index (χ0) is 19.4. The van der Waals surface area contributed by atoms with E-state index in [9.17, 15) is 22.8 Å². The van der Waals surface area contributed by atoms with E-state index in [4.69, 9.17) is 0 Å². The van der Waals surface area contributed by atoms with Crippen molar-refractivity contribution in [2.24, 2.45) is 0 Å². The van der Waals surface area contributed by atoms with Crippen LogP contribution in [0.2, 0.25) is 0 Å². The smallest absolute Gasteiger partial charge is 0.257 e. The first-order valence-electron chi connectivity index (χ1n) is 8.45. The fourth-order valence-corrected chi connectivity index (χ4v) is 2.90. The Morgan fingerprint density at radius 2 is 1.56 bits per heavy atom. The topological polar surface area (TPSA) is 52.7 Å². The summed E-state index contributed by atoms with van der Waals surface area (Å²) in [6, 6.07) is 10.7. The molecule has 8 heteroatoms. The summed E-state index contributed by atoms with van der Waals surface area (Å²) >= 11 is 0. The first kappa shape index (κ1) is 18.9. The van der Waals surface area contributed by atoms with E-state index in [1.165, 1.54) is 4.90 Å². The number of para-hydroxylation sites is 1. The highest BCUT2D eigenvalue weighted by molar-refractivity contribution is 5.95. The molecule has 0 aliphatic carbocycles. The van der Waals surface area contributed by atoms with Crippen molar-refractivity contribution in [1.29, 1.82) is 0 Å². The van der Waals surface area contributed by atoms with Gasteiger partial charge in [0.25, 0.3) is 5.91 Å². The van der Waals surface area contributed by atoms with Crippen LogP contribution in [0.3, 0.4) is 0 Å². The number of carbonyl (C=O) groups excluding carboxylic acids is 2. The van der Waals surface area contributed by atoms with Crippen LogP contribution < -0.4 is 5.32 Å². The van der Waals surface area contributed by atoms with Gasteiger partial charge in [-0.1, -0.05) is 18.2 Å². The predicted molar refractivity (Wildman–Crippen MR) is 93.7 cm³/mol. The van der Waals surface area contributed by atoms with Gasteiger partial charge in [-0.05, 0) is 24.3 Å². The highest BCUT2D eigenvalue weighted by Gasteiger charge is 2.27. The Kier molecular flexibility index (Phi) is 5.75. The number of benzene rings is 2. The lowest BCUT2D eigenvalue weighted by atomic mass is 10.1. The van der Waals surface area contributed by atoms with Crippen LogP contribution in [0.15, 0.2) is 42.5 Å². The maximum atomic E-state index is 13.8. The molecule has 142 valence electrons. The number of anilines is 1. The second-order valence-corrected chi connectivity index (χ2v) is 6.21. The molecule has 2 aromatic rings. The Hall–Kier alpha value is -2.87. The van der Waals surface area contributed by atoms with Crippen LogP contribution in [0.25, 0.3) is 0 Å². The summed E-state index contributed by atoms with van der Waals surface area (Å²) in [5.41, 5.74) is 0.203. The number of carbonyl (C=O) groups is 2. The first-order valence-corrected chi connectivity index (χ1v) is 8.45. The molecule has 1 fully saturated rings. The number of piperazine rings is 1. The van der Waals surface area contributed by atoms with Gasteiger partial charge in [0.2, 0.25) is 5.91 Å². The number of nitrogens with one attached hydrogen (secondary N) is 1. The number of nitrogens with zero attached hydrogens (tertiary/aromatic N) is 2. The van der Waals surface area contributed by atoms with Crippen molar-refractivity contribution < 1.29 is 22.8 Å². The van der Waals surface area contributed by atoms with E-state index in [0.29, 0.717) is 18.8 Å². The number of rotatable bonds is 4. The zero-order valence-corrected chi connectivity index (χ0v) is 14.4. The van der Waals surface area contributed by atoms with E-state index in [2.05, 4.69) is 5.32 Å². The summed E-state index contributed by atoms with van der Waals surface area (Å²) in [5, 5.41) is 2.78. The third kappa shape index (κ3) is 4.46. The minimum Gasteiger partial charge on any atom is -0.336 e. The van der Waals surface area contributed by atoms with Gasteiger partial charge < -0.3 is 10.2 Å². The summed E-state index contributed by atoms with van der Waals surface area (Å²) in [5.74, 6) is -5.34. The van der Waals surface area contributed by atoms with Gasteiger partial charge in [-0.2, -0.15) is 0 Å². The van der Waals surface area contributed by atoms with E-state index in [1.807, 2.05) is 23.1 Å². The maximum absolute atomic E-state index is 13.8. The van der Waals surface area contributed by atoms with Gasteiger partial charge in [-0.25, -0.2) is 13.2 Å². The molecule has 2 aromatic carbocycles. The van der Waals surface area contributed by atoms with Gasteiger partial charge in [0.15, 0.2) is 17.5 Å². The number of halogens is 3. The van der Waals surface area contributed by atoms with Crippen molar-refractivity contribution in [3.05, 3.63) is 65.5 Å². The fourth-order valence-electron chi connectivity index (χ4n) is 2.90. The highest BCUT2D eigenvalue weighted by Crippen LogP contribution is 2.18. The lowest BCUT2D eigenvalue weighted by Crippen LogP contribution is -2.50. The molecular weight excluding hydrogens is 359 g/mol. The molecule has 1 saturated heterocycles. The van der Waals surface area contributed by atoms with Gasteiger partial charge >= 0.3 is 0 Å². The molecule has 1 aliphatic rings. The van der Waals surface area contributed by atoms with Gasteiger partial charge in [0.05, 0.1) is 12.1 Å². The van der Waals surface area contributed by atoms with E-state index in [0.717, 1.165) is 12.1 Å². The van der Waals surface area contributed by atoms with E-state index >= 15 is 0 Å². The number of hydrogen-bond acceptors (Lipinski definition) is 3. The van der Waals surface area contributed by atoms with Crippen molar-refractivity contribution in [3.63, 3.8) is 0 Å². The number of hydrogen-bond donors (Lipinski definition) is 1. The normalized spacial score (nSPS) is 14.9. The van der Waals surface area contributed by atoms with E-state index in [-0.39, 0.29) is 25.5 Å². The highest BCUT2D eigenvalue weighted by atomic mass is 19.2. The number of amides is 2. The molecule has 1 N–H and O–H groups in total. The van der Waals surface area contributed by atoms with Gasteiger partial charge in [-0.15, -0.1) is 0 Å². The van der Waals surface area contributed by atoms with Crippen LogP contribution in [0, 0.1) is 17.5 Å². The minimum atomic E-state index is -1.66. The molecular formula is C19H18F3N3O2. The predicted octanol–water partition coefficient (Wildman–Crippen LogP) is 2.50. The molecule has 0 spiro atoms. The summed E-state index contributed by atoms with van der Waals surface area (Å²) in [4.78, 5) is 27.7. The summed E-state index contributed by atoms with van der Waals surface area (Å²) < 4.78 is 40.1. The minimum absolute atomic E-state index is 0.163. The maximum Gasteiger partial charge on any atom is 0.257 e. The molecule has 2 amide bonds. The van der Waals surface area contributed by atoms with Gasteiger partial charge in [-0.3, -0.25) is 14.5 Å². The van der Waals surface area contributed by atoms with Crippen molar-refractivity contribution >= 4 is 17.5 Å². The Morgan fingerprint density at radius 1 is 0.889 bits per heavy atom. The quantitative estimate of drug-likeness (QED) is 0.833. The Balaban J connectivity index is 1.53. The summed E-state index contributed by atoms with van der Waals surface area (Å²) in [7, 11) is 0. The standard InChI is InChI=1S/C19H18F3N3O2/c20-15-7-6-14(17(21)18(15)22)19(27)25-10-8-24(9-11-25)12-16(26)23-13-4-2-1-3-5-13/h1-7H,8-12H2,(H,23,26). The monoisotopic (exact) mass is 377 g/mol. The fraction of sp³-hybridized carbons (Fsp3) is 0.263. The van der Waals surface area contributed by atoms with Crippen molar-refractivity contribution in [2.75, 3.05) is 38.0 Å². The van der Waals surface area contributed by atoms with Crippen molar-refractivity contribution in [3.8, 4) is 0 Å². The molecule has 1 heterocycles. The third-order valence-corrected chi connectivity index (χ3v) is 4.35. The largest absolute Gasteiger partial charge is 0.336 e. The molecule has 0 bridgehead atoms. The summed E-state index contributed by atoms with van der Waals surface area (Å²) in [6.45, 7) is 1.51. The molecule has 0 aromatic heterocycles. The average Bonchev–Trinajstić information content (AvgIpc) is 2.67. The molecule has 0 saturated carbocycles. The Morgan fingerprint density at radius 3 is 2.22 bits per heavy atom. The second-order valence-electron chi connectivity index (χ2n) is 6.21. The molecule has 3 rings (SSSR count). The van der Waals surface area contributed by atoms with E-state index < -0.39 is 28.9 Å². The van der Waals surface area contributed by atoms with Crippen LogP contribution in [-0.4, -0.2) is 54.3 Å². The average molecular weight is 377 g/mol. The molecule has 0 unspecified atom stereocenters. The lowest BCUT2D eigenvalue weighted by Gasteiger charge is -2.34.